The van der Waals surface area contributed by atoms with Crippen LogP contribution in [0.1, 0.15) is 32.1 Å². The average molecular weight is 2160 g/mol. The molecule has 0 aliphatic heterocycles. The van der Waals surface area contributed by atoms with Crippen molar-refractivity contribution < 1.29 is 239 Å². The summed E-state index contributed by atoms with van der Waals surface area (Å²) >= 11 is 1.98. The summed E-state index contributed by atoms with van der Waals surface area (Å²) in [7, 11) is 0. The Morgan fingerprint density at radius 2 is 0.508 bits per heavy atom. The molecule has 0 atom stereocenters. The number of nitrogens with two attached hydrogens (primary N) is 3. The van der Waals surface area contributed by atoms with Gasteiger partial charge in [-0.15, -0.1) is 52.7 Å². The summed E-state index contributed by atoms with van der Waals surface area (Å²) in [6, 6.07) is 16.4. The molecular formula is C66H53F32N3O13Pt2S2. The Morgan fingerprint density at radius 3 is 0.686 bits per heavy atom. The van der Waals surface area contributed by atoms with Gasteiger partial charge >= 0.3 is 82.6 Å². The van der Waals surface area contributed by atoms with Crippen LogP contribution in [0.3, 0.4) is 0 Å². The van der Waals surface area contributed by atoms with E-state index in [2.05, 4.69) is 23.7 Å². The van der Waals surface area contributed by atoms with Crippen LogP contribution in [0, 0.1) is 139 Å². The normalized spacial score (nSPS) is 10.6. The number of hydrogen-bond acceptors (Lipinski definition) is 18. The third-order valence-corrected chi connectivity index (χ3v) is 12.2. The van der Waals surface area contributed by atoms with Crippen LogP contribution >= 0.6 is 24.0 Å². The van der Waals surface area contributed by atoms with Gasteiger partial charge in [-0.05, 0) is 154 Å². The second-order valence-corrected chi connectivity index (χ2v) is 22.7. The molecule has 0 spiro atoms. The molecule has 0 bridgehead atoms. The standard InChI is InChI=1S/C9H8F2OS2.C8H5F5O.C8H6F4O.3C7H4F5NO.2C7H6F2O.C6H4F2O.4O.2Pt.3H2/c1-5-3-6(10)8(7(11)4-5)12-9(13)14-2;1-4-2-5(9)7(6(10)3-4)14-8(11,12)13;1-4-2-5(9)7(6(10)3-4)13-8(11)12;3*8-4-1-3(13)2-5(9)6(4)14-7(10,11)12;2*1-4-2-5(8)7(10)6(9)3-4;7-4-2-1-3-5(8)6(4)9;;;;;;;;;/h3-4H,1-2H3;2-3H,1H3;2-3,8H,1H3;3*1-2H,13H2;2*2-3,10H,1H3;1-3,9H;;;;;;;3*1H. The van der Waals surface area contributed by atoms with E-state index in [9.17, 15) is 140 Å². The molecule has 9 aromatic rings. The quantitative estimate of drug-likeness (QED) is 0.0492. The molecule has 16 nitrogen and oxygen atoms in total. The van der Waals surface area contributed by atoms with Crippen LogP contribution < -0.4 is 45.6 Å². The van der Waals surface area contributed by atoms with Crippen molar-refractivity contribution in [2.24, 2.45) is 0 Å². The van der Waals surface area contributed by atoms with E-state index >= 15 is 0 Å². The van der Waals surface area contributed by atoms with E-state index in [1.807, 2.05) is 0 Å². The fourth-order valence-corrected chi connectivity index (χ4v) is 7.20. The van der Waals surface area contributed by atoms with Crippen LogP contribution in [0.25, 0.3) is 0 Å². The zero-order valence-corrected chi connectivity index (χ0v) is 64.4. The fraction of sp³-hybridized carbons (Fsp3) is 0.167. The number of anilines is 3. The molecule has 0 saturated heterocycles. The van der Waals surface area contributed by atoms with E-state index in [1.165, 1.54) is 32.0 Å². The molecule has 52 heteroatoms. The number of thioether (sulfide) groups is 1. The minimum atomic E-state index is -5.14. The number of nitrogen functional groups attached to an aromatic ring is 3. The maximum absolute atomic E-state index is 13.2. The van der Waals surface area contributed by atoms with Crippen molar-refractivity contribution in [1.82, 2.24) is 0 Å². The Hall–Kier alpha value is -10.6. The van der Waals surface area contributed by atoms with Crippen LogP contribution in [-0.2, 0) is 50.6 Å². The van der Waals surface area contributed by atoms with Gasteiger partial charge in [0, 0.05) is 57.7 Å². The summed E-state index contributed by atoms with van der Waals surface area (Å²) in [5.74, 6) is -31.2. The van der Waals surface area contributed by atoms with E-state index in [4.69, 9.17) is 63.1 Å². The number of thiocarbonyl (C=S) groups is 1. The van der Waals surface area contributed by atoms with E-state index in [0.29, 0.717) is 58.7 Å². The summed E-state index contributed by atoms with van der Waals surface area (Å²) in [5.41, 5.74) is 15.8. The number of aryl methyl sites for hydroxylation is 5. The van der Waals surface area contributed by atoms with Crippen molar-refractivity contribution in [1.29, 1.82) is 0 Å². The molecule has 9 rings (SSSR count). The van der Waals surface area contributed by atoms with Gasteiger partial charge < -0.3 is 60.9 Å². The van der Waals surface area contributed by atoms with Gasteiger partial charge in [-0.2, -0.15) is 8.78 Å². The zero-order valence-electron chi connectivity index (χ0n) is 58.2. The third-order valence-electron chi connectivity index (χ3n) is 11.2. The van der Waals surface area contributed by atoms with Gasteiger partial charge in [0.05, 0.1) is 0 Å². The number of ether oxygens (including phenoxy) is 6. The first-order chi connectivity index (χ1) is 54.0. The number of phenolic OH excluding ortho intramolecular Hbond substituents is 3. The molecule has 9 N–H and O–H groups in total. The number of para-hydroxylation sites is 1. The molecular weight excluding hydrogens is 2100 g/mol. The fourth-order valence-electron chi connectivity index (χ4n) is 6.95. The SMILES string of the molecule is CSC(=S)Oc1c(F)cc(C)cc1F.Cc1cc(F)c(O)c(F)c1.Cc1cc(F)c(O)c(F)c1.Cc1cc(F)c(OC(F)(F)F)c(F)c1.Cc1cc(F)c(OC(F)F)c(F)c1.Nc1cc(F)c(OC(F)(F)F)c(F)c1.Nc1cc(F)c(OC(F)(F)F)c(F)c1.Nc1cc(F)c(OC(F)(F)F)c(F)c1.Oc1c(F)cccc1F.[HH].[HH].[HH].[O]=[Pt]=[O].[O]=[Pt]=[O]. The van der Waals surface area contributed by atoms with Gasteiger partial charge in [-0.3, -0.25) is 0 Å². The predicted molar refractivity (Wildman–Crippen MR) is 348 cm³/mol. The Bertz CT molecular complexity index is 4340. The molecule has 0 amide bonds. The summed E-state index contributed by atoms with van der Waals surface area (Å²) in [5, 5.41) is 25.6. The third kappa shape index (κ3) is 44.1. The van der Waals surface area contributed by atoms with Crippen LogP contribution in [0.5, 0.6) is 51.7 Å². The van der Waals surface area contributed by atoms with Gasteiger partial charge in [0.1, 0.15) is 0 Å². The van der Waals surface area contributed by atoms with Gasteiger partial charge in [0.25, 0.3) is 0 Å². The van der Waals surface area contributed by atoms with Gasteiger partial charge in [-0.1, -0.05) is 17.8 Å². The van der Waals surface area contributed by atoms with E-state index in [-0.39, 0.29) is 31.3 Å². The predicted octanol–water partition coefficient (Wildman–Crippen LogP) is 22.6. The Balaban J connectivity index is -0.000000413. The van der Waals surface area contributed by atoms with Gasteiger partial charge in [0.2, 0.25) is 33.1 Å². The van der Waals surface area contributed by atoms with Crippen molar-refractivity contribution >= 4 is 45.4 Å². The monoisotopic (exact) mass is 2160 g/mol. The maximum atomic E-state index is 13.2. The van der Waals surface area contributed by atoms with Crippen molar-refractivity contribution in [2.45, 2.75) is 66.7 Å². The van der Waals surface area contributed by atoms with Gasteiger partial charge in [0.15, 0.2) is 128 Å². The molecule has 0 fully saturated rings. The Morgan fingerprint density at radius 1 is 0.339 bits per heavy atom. The van der Waals surface area contributed by atoms with Crippen LogP contribution in [0.4, 0.5) is 158 Å². The summed E-state index contributed by atoms with van der Waals surface area (Å²) in [6.07, 6.45) is -18.9. The zero-order chi connectivity index (χ0) is 92.2. The molecule has 0 aromatic heterocycles. The van der Waals surface area contributed by atoms with E-state index < -0.39 is 225 Å². The number of aromatic hydroxyl groups is 3. The van der Waals surface area contributed by atoms with Crippen LogP contribution in [-0.4, -0.2) is 58.0 Å². The van der Waals surface area contributed by atoms with Crippen molar-refractivity contribution in [3.05, 3.63) is 248 Å². The molecule has 0 unspecified atom stereocenters. The van der Waals surface area contributed by atoms with E-state index in [1.54, 1.807) is 27.0 Å². The first kappa shape index (κ1) is 109. The Labute approximate surface area is 671 Å². The average Bonchev–Trinajstić information content (AvgIpc) is 0.843. The first-order valence-corrected chi connectivity index (χ1v) is 34.3. The number of phenols is 3. The second-order valence-electron chi connectivity index (χ2n) is 20.6. The molecule has 0 saturated carbocycles. The van der Waals surface area contributed by atoms with Crippen molar-refractivity contribution in [3.63, 3.8) is 0 Å². The van der Waals surface area contributed by atoms with Gasteiger partial charge in [-0.25, -0.2) is 79.0 Å². The molecule has 666 valence electrons. The first-order valence-electron chi connectivity index (χ1n) is 28.9. The molecule has 0 heterocycles. The van der Waals surface area contributed by atoms with Crippen LogP contribution in [0.15, 0.2) is 115 Å². The second kappa shape index (κ2) is 50.9. The molecule has 0 aliphatic rings. The number of hydrogen-bond donors (Lipinski definition) is 6. The molecule has 118 heavy (non-hydrogen) atoms. The Kier molecular flexibility index (Phi) is 47.2. The number of halogens is 32. The molecule has 0 radical (unpaired) electrons. The molecule has 0 aliphatic carbocycles. The number of benzene rings is 9. The minimum absolute atomic E-state index is 0. The number of rotatable bonds is 7. The van der Waals surface area contributed by atoms with Crippen molar-refractivity contribution in [2.75, 3.05) is 23.5 Å². The number of alkyl halides is 14. The summed E-state index contributed by atoms with van der Waals surface area (Å²) in [6.45, 7) is 4.26. The van der Waals surface area contributed by atoms with E-state index in [0.717, 1.165) is 72.4 Å². The van der Waals surface area contributed by atoms with Crippen molar-refractivity contribution in [3.8, 4) is 51.7 Å². The van der Waals surface area contributed by atoms with Crippen LogP contribution in [0.2, 0.25) is 0 Å². The topological polar surface area (TPSA) is 262 Å². The summed E-state index contributed by atoms with van der Waals surface area (Å²) < 4.78 is 445. The molecule has 9 aromatic carbocycles. The summed E-state index contributed by atoms with van der Waals surface area (Å²) in [4.78, 5) is 0.